The number of carbonyl (C=O) groups excluding carboxylic acids is 1. The van der Waals surface area contributed by atoms with Crippen molar-refractivity contribution in [1.82, 2.24) is 24.4 Å². The standard InChI is InChI=1S/C26H32F3N7O2/c1-14(2)31-25-30-12-21-23(34-25)36(26(32-21)33-22-19(28)10-16(27)11-20(22)29)17-7-5-15(6-8-17)24(38)35-9-3-4-18(35)13-37/h10-12,14-15,17-18,37H,3-9,13H2,1-2H3,(H,32,33)(H,30,31,34)/t15?,17?,18-/m0/s1. The largest absolute Gasteiger partial charge is 0.394 e. The summed E-state index contributed by atoms with van der Waals surface area (Å²) in [5.74, 6) is -2.68. The Bertz CT molecular complexity index is 1300. The summed E-state index contributed by atoms with van der Waals surface area (Å²) in [6.45, 7) is 4.55. The average Bonchev–Trinajstić information content (AvgIpc) is 3.49. The second-order valence-electron chi connectivity index (χ2n) is 10.4. The smallest absolute Gasteiger partial charge is 0.226 e. The van der Waals surface area contributed by atoms with Crippen LogP contribution < -0.4 is 10.6 Å². The summed E-state index contributed by atoms with van der Waals surface area (Å²) in [7, 11) is 0. The van der Waals surface area contributed by atoms with Gasteiger partial charge in [0.2, 0.25) is 17.8 Å². The minimum absolute atomic E-state index is 0.0277. The van der Waals surface area contributed by atoms with Crippen molar-refractivity contribution in [3.63, 3.8) is 0 Å². The van der Waals surface area contributed by atoms with E-state index in [2.05, 4.69) is 25.6 Å². The molecular formula is C26H32F3N7O2. The lowest BCUT2D eigenvalue weighted by Gasteiger charge is -2.33. The fraction of sp³-hybridized carbons (Fsp3) is 0.538. The molecule has 1 saturated heterocycles. The van der Waals surface area contributed by atoms with Gasteiger partial charge in [0, 0.05) is 36.7 Å². The second-order valence-corrected chi connectivity index (χ2v) is 10.4. The van der Waals surface area contributed by atoms with Crippen LogP contribution in [0.25, 0.3) is 11.2 Å². The molecule has 0 radical (unpaired) electrons. The summed E-state index contributed by atoms with van der Waals surface area (Å²) in [5.41, 5.74) is 0.415. The molecule has 3 N–H and O–H groups in total. The first-order valence-electron chi connectivity index (χ1n) is 13.1. The molecule has 0 bridgehead atoms. The number of nitrogens with one attached hydrogen (secondary N) is 2. The topological polar surface area (TPSA) is 108 Å². The highest BCUT2D eigenvalue weighted by molar-refractivity contribution is 5.80. The molecule has 1 atom stereocenters. The van der Waals surface area contributed by atoms with Crippen LogP contribution in [0.5, 0.6) is 0 Å². The fourth-order valence-corrected chi connectivity index (χ4v) is 5.56. The van der Waals surface area contributed by atoms with Gasteiger partial charge in [0.1, 0.15) is 17.0 Å². The first-order valence-corrected chi connectivity index (χ1v) is 13.1. The fourth-order valence-electron chi connectivity index (χ4n) is 5.56. The summed E-state index contributed by atoms with van der Waals surface area (Å²) in [4.78, 5) is 28.4. The third kappa shape index (κ3) is 5.13. The number of nitrogens with zero attached hydrogens (tertiary/aromatic N) is 5. The van der Waals surface area contributed by atoms with Gasteiger partial charge in [-0.2, -0.15) is 4.98 Å². The minimum atomic E-state index is -1.08. The predicted octanol–water partition coefficient (Wildman–Crippen LogP) is 4.52. The Morgan fingerprint density at radius 3 is 2.47 bits per heavy atom. The van der Waals surface area contributed by atoms with E-state index in [0.717, 1.165) is 12.8 Å². The zero-order chi connectivity index (χ0) is 27.0. The first-order chi connectivity index (χ1) is 18.2. The Balaban J connectivity index is 1.45. The van der Waals surface area contributed by atoms with Crippen LogP contribution >= 0.6 is 0 Å². The number of carbonyl (C=O) groups is 1. The maximum Gasteiger partial charge on any atom is 0.226 e. The Hall–Kier alpha value is -3.41. The number of rotatable bonds is 7. The Morgan fingerprint density at radius 1 is 1.11 bits per heavy atom. The molecule has 0 unspecified atom stereocenters. The molecule has 1 aromatic carbocycles. The predicted molar refractivity (Wildman–Crippen MR) is 136 cm³/mol. The van der Waals surface area contributed by atoms with Crippen LogP contribution in [0.1, 0.15) is 58.4 Å². The van der Waals surface area contributed by atoms with Crippen molar-refractivity contribution in [3.05, 3.63) is 35.8 Å². The van der Waals surface area contributed by atoms with E-state index in [4.69, 9.17) is 0 Å². The molecule has 1 aliphatic heterocycles. The highest BCUT2D eigenvalue weighted by Crippen LogP contribution is 2.39. The maximum atomic E-state index is 14.5. The van der Waals surface area contributed by atoms with Gasteiger partial charge >= 0.3 is 0 Å². The SMILES string of the molecule is CC(C)Nc1ncc2nc(Nc3c(F)cc(F)cc3F)n(C3CCC(C(=O)N4CCC[C@H]4CO)CC3)c2n1. The van der Waals surface area contributed by atoms with E-state index >= 15 is 0 Å². The van der Waals surface area contributed by atoms with Crippen LogP contribution in [0.3, 0.4) is 0 Å². The van der Waals surface area contributed by atoms with Crippen molar-refractivity contribution in [3.8, 4) is 0 Å². The number of halogens is 3. The van der Waals surface area contributed by atoms with Crippen LogP contribution in [0, 0.1) is 23.4 Å². The molecule has 1 amide bonds. The van der Waals surface area contributed by atoms with Gasteiger partial charge in [0.15, 0.2) is 17.3 Å². The number of amides is 1. The molecule has 9 nitrogen and oxygen atoms in total. The van der Waals surface area contributed by atoms with E-state index in [1.54, 1.807) is 10.8 Å². The van der Waals surface area contributed by atoms with Crippen LogP contribution in [0.4, 0.5) is 30.8 Å². The number of aromatic nitrogens is 4. The second kappa shape index (κ2) is 10.8. The van der Waals surface area contributed by atoms with Gasteiger partial charge in [-0.15, -0.1) is 0 Å². The van der Waals surface area contributed by atoms with Crippen LogP contribution in [0.15, 0.2) is 18.3 Å². The lowest BCUT2D eigenvalue weighted by molar-refractivity contribution is -0.138. The Kier molecular flexibility index (Phi) is 7.42. The number of aliphatic hydroxyl groups excluding tert-OH is 1. The third-order valence-corrected chi connectivity index (χ3v) is 7.38. The van der Waals surface area contributed by atoms with E-state index in [-0.39, 0.29) is 42.5 Å². The van der Waals surface area contributed by atoms with Crippen molar-refractivity contribution < 1.29 is 23.1 Å². The summed E-state index contributed by atoms with van der Waals surface area (Å²) in [6.07, 6.45) is 5.75. The molecule has 0 spiro atoms. The normalized spacial score (nSPS) is 21.9. The molecule has 204 valence electrons. The number of imidazole rings is 1. The van der Waals surface area contributed by atoms with E-state index in [9.17, 15) is 23.1 Å². The first kappa shape index (κ1) is 26.2. The quantitative estimate of drug-likeness (QED) is 0.411. The molecule has 38 heavy (non-hydrogen) atoms. The van der Waals surface area contributed by atoms with Crippen molar-refractivity contribution in [2.45, 2.75) is 70.5 Å². The van der Waals surface area contributed by atoms with E-state index in [1.165, 1.54) is 0 Å². The number of hydrogen-bond acceptors (Lipinski definition) is 7. The maximum absolute atomic E-state index is 14.5. The Morgan fingerprint density at radius 2 is 1.82 bits per heavy atom. The van der Waals surface area contributed by atoms with Crippen LogP contribution in [-0.4, -0.2) is 60.7 Å². The molecule has 1 saturated carbocycles. The highest BCUT2D eigenvalue weighted by atomic mass is 19.1. The van der Waals surface area contributed by atoms with Gasteiger partial charge in [-0.3, -0.25) is 9.36 Å². The number of fused-ring (bicyclic) bond motifs is 1. The molecule has 2 aliphatic rings. The van der Waals surface area contributed by atoms with Crippen molar-refractivity contribution >= 4 is 34.7 Å². The molecule has 3 aromatic rings. The number of aliphatic hydroxyl groups is 1. The molecule has 1 aliphatic carbocycles. The van der Waals surface area contributed by atoms with Crippen molar-refractivity contribution in [2.24, 2.45) is 5.92 Å². The van der Waals surface area contributed by atoms with Gasteiger partial charge in [0.25, 0.3) is 0 Å². The molecule has 5 rings (SSSR count). The summed E-state index contributed by atoms with van der Waals surface area (Å²) in [6, 6.07) is 1.04. The van der Waals surface area contributed by atoms with Gasteiger partial charge in [0.05, 0.1) is 18.8 Å². The molecule has 3 heterocycles. The van der Waals surface area contributed by atoms with E-state index < -0.39 is 23.1 Å². The molecule has 2 fully saturated rings. The molecular weight excluding hydrogens is 499 g/mol. The number of likely N-dealkylation sites (tertiary alicyclic amines) is 1. The van der Waals surface area contributed by atoms with Crippen molar-refractivity contribution in [1.29, 1.82) is 0 Å². The number of anilines is 3. The highest BCUT2D eigenvalue weighted by Gasteiger charge is 2.36. The minimum Gasteiger partial charge on any atom is -0.394 e. The summed E-state index contributed by atoms with van der Waals surface area (Å²) in [5, 5.41) is 15.5. The number of hydrogen-bond donors (Lipinski definition) is 3. The summed E-state index contributed by atoms with van der Waals surface area (Å²) >= 11 is 0. The van der Waals surface area contributed by atoms with E-state index in [1.807, 2.05) is 18.7 Å². The summed E-state index contributed by atoms with van der Waals surface area (Å²) < 4.78 is 44.3. The van der Waals surface area contributed by atoms with E-state index in [0.29, 0.717) is 61.5 Å². The lowest BCUT2D eigenvalue weighted by Crippen LogP contribution is -2.42. The van der Waals surface area contributed by atoms with Crippen LogP contribution in [-0.2, 0) is 4.79 Å². The van der Waals surface area contributed by atoms with Gasteiger partial charge < -0.3 is 20.6 Å². The van der Waals surface area contributed by atoms with Gasteiger partial charge in [-0.1, -0.05) is 0 Å². The zero-order valence-electron chi connectivity index (χ0n) is 21.4. The van der Waals surface area contributed by atoms with Crippen molar-refractivity contribution in [2.75, 3.05) is 23.8 Å². The van der Waals surface area contributed by atoms with Gasteiger partial charge in [-0.25, -0.2) is 23.1 Å². The zero-order valence-corrected chi connectivity index (χ0v) is 21.4. The van der Waals surface area contributed by atoms with Gasteiger partial charge in [-0.05, 0) is 52.4 Å². The van der Waals surface area contributed by atoms with Crippen LogP contribution in [0.2, 0.25) is 0 Å². The monoisotopic (exact) mass is 531 g/mol. The molecule has 2 aromatic heterocycles. The number of benzene rings is 1. The lowest BCUT2D eigenvalue weighted by atomic mass is 9.85. The third-order valence-electron chi connectivity index (χ3n) is 7.38. The average molecular weight is 532 g/mol. The Labute approximate surface area is 218 Å². The molecule has 12 heteroatoms.